The van der Waals surface area contributed by atoms with Crippen molar-refractivity contribution in [1.29, 1.82) is 0 Å². The molecule has 1 aliphatic rings. The van der Waals surface area contributed by atoms with Crippen molar-refractivity contribution in [2.45, 2.75) is 39.7 Å². The Morgan fingerprint density at radius 2 is 2.21 bits per heavy atom. The minimum absolute atomic E-state index is 0.578. The summed E-state index contributed by atoms with van der Waals surface area (Å²) in [7, 11) is 0. The second kappa shape index (κ2) is 3.70. The Morgan fingerprint density at radius 3 is 2.93 bits per heavy atom. The summed E-state index contributed by atoms with van der Waals surface area (Å²) in [5.41, 5.74) is 5.30. The van der Waals surface area contributed by atoms with E-state index >= 15 is 0 Å². The molecule has 0 bridgehead atoms. The van der Waals surface area contributed by atoms with E-state index in [2.05, 4.69) is 32.2 Å². The standard InChI is InChI=1S/C12H18N2/c1-8(2)11-6-10-7-13-5-4-12(10)14-9(11)3/h6,8,13H,4-5,7H2,1-3H3. The third-order valence-electron chi connectivity index (χ3n) is 2.90. The van der Waals surface area contributed by atoms with E-state index in [-0.39, 0.29) is 0 Å². The van der Waals surface area contributed by atoms with E-state index in [1.165, 1.54) is 22.5 Å². The summed E-state index contributed by atoms with van der Waals surface area (Å²) in [6.45, 7) is 8.64. The third kappa shape index (κ3) is 1.67. The van der Waals surface area contributed by atoms with Crippen molar-refractivity contribution in [1.82, 2.24) is 10.3 Å². The maximum absolute atomic E-state index is 4.69. The van der Waals surface area contributed by atoms with Crippen molar-refractivity contribution < 1.29 is 0 Å². The fourth-order valence-electron chi connectivity index (χ4n) is 2.10. The van der Waals surface area contributed by atoms with Crippen LogP contribution in [-0.2, 0) is 13.0 Å². The predicted molar refractivity (Wildman–Crippen MR) is 58.5 cm³/mol. The number of hydrogen-bond donors (Lipinski definition) is 1. The van der Waals surface area contributed by atoms with Crippen LogP contribution in [0.15, 0.2) is 6.07 Å². The van der Waals surface area contributed by atoms with Gasteiger partial charge in [0.2, 0.25) is 0 Å². The van der Waals surface area contributed by atoms with Crippen LogP contribution >= 0.6 is 0 Å². The van der Waals surface area contributed by atoms with Crippen LogP contribution in [0.4, 0.5) is 0 Å². The lowest BCUT2D eigenvalue weighted by atomic mass is 9.96. The molecule has 0 aliphatic carbocycles. The lowest BCUT2D eigenvalue weighted by molar-refractivity contribution is 0.624. The van der Waals surface area contributed by atoms with Crippen molar-refractivity contribution in [3.8, 4) is 0 Å². The van der Waals surface area contributed by atoms with Gasteiger partial charge in [0, 0.05) is 30.9 Å². The van der Waals surface area contributed by atoms with E-state index in [0.717, 1.165) is 19.5 Å². The number of aryl methyl sites for hydroxylation is 1. The Morgan fingerprint density at radius 1 is 1.43 bits per heavy atom. The number of nitrogens with zero attached hydrogens (tertiary/aromatic N) is 1. The van der Waals surface area contributed by atoms with Gasteiger partial charge in [0.1, 0.15) is 0 Å². The fourth-order valence-corrected chi connectivity index (χ4v) is 2.10. The zero-order valence-electron chi connectivity index (χ0n) is 9.22. The van der Waals surface area contributed by atoms with Gasteiger partial charge in [-0.1, -0.05) is 19.9 Å². The highest BCUT2D eigenvalue weighted by Crippen LogP contribution is 2.22. The summed E-state index contributed by atoms with van der Waals surface area (Å²) >= 11 is 0. The van der Waals surface area contributed by atoms with Crippen LogP contribution in [0, 0.1) is 6.92 Å². The Bertz CT molecular complexity index is 342. The monoisotopic (exact) mass is 190 g/mol. The summed E-state index contributed by atoms with van der Waals surface area (Å²) in [6, 6.07) is 2.33. The van der Waals surface area contributed by atoms with Gasteiger partial charge in [-0.05, 0) is 24.0 Å². The van der Waals surface area contributed by atoms with Crippen molar-refractivity contribution in [2.75, 3.05) is 6.54 Å². The summed E-state index contributed by atoms with van der Waals surface area (Å²) in [6.07, 6.45) is 1.08. The first-order valence-electron chi connectivity index (χ1n) is 5.38. The molecule has 0 atom stereocenters. The van der Waals surface area contributed by atoms with E-state index in [4.69, 9.17) is 4.98 Å². The van der Waals surface area contributed by atoms with Gasteiger partial charge in [0.25, 0.3) is 0 Å². The summed E-state index contributed by atoms with van der Waals surface area (Å²) in [5, 5.41) is 3.39. The van der Waals surface area contributed by atoms with E-state index in [1.807, 2.05) is 0 Å². The normalized spacial score (nSPS) is 15.7. The predicted octanol–water partition coefficient (Wildman–Crippen LogP) is 2.16. The molecule has 2 rings (SSSR count). The minimum Gasteiger partial charge on any atom is -0.312 e. The quantitative estimate of drug-likeness (QED) is 0.734. The number of hydrogen-bond acceptors (Lipinski definition) is 2. The van der Waals surface area contributed by atoms with Crippen LogP contribution in [0.5, 0.6) is 0 Å². The van der Waals surface area contributed by atoms with E-state index < -0.39 is 0 Å². The number of pyridine rings is 1. The molecule has 0 fully saturated rings. The molecule has 2 heterocycles. The molecule has 2 nitrogen and oxygen atoms in total. The molecule has 0 amide bonds. The van der Waals surface area contributed by atoms with Crippen LogP contribution in [0.1, 0.15) is 42.3 Å². The van der Waals surface area contributed by atoms with Crippen molar-refractivity contribution in [3.05, 3.63) is 28.6 Å². The van der Waals surface area contributed by atoms with E-state index in [1.54, 1.807) is 0 Å². The van der Waals surface area contributed by atoms with E-state index in [0.29, 0.717) is 5.92 Å². The SMILES string of the molecule is Cc1nc2c(cc1C(C)C)CNCC2. The van der Waals surface area contributed by atoms with Gasteiger partial charge >= 0.3 is 0 Å². The molecule has 1 aromatic rings. The van der Waals surface area contributed by atoms with Gasteiger partial charge in [0.15, 0.2) is 0 Å². The van der Waals surface area contributed by atoms with Gasteiger partial charge in [-0.25, -0.2) is 0 Å². The smallest absolute Gasteiger partial charge is 0.0464 e. The van der Waals surface area contributed by atoms with Gasteiger partial charge in [-0.15, -0.1) is 0 Å². The summed E-state index contributed by atoms with van der Waals surface area (Å²) < 4.78 is 0. The molecule has 0 spiro atoms. The van der Waals surface area contributed by atoms with Crippen molar-refractivity contribution in [2.24, 2.45) is 0 Å². The third-order valence-corrected chi connectivity index (χ3v) is 2.90. The first kappa shape index (κ1) is 9.66. The molecule has 76 valence electrons. The maximum atomic E-state index is 4.69. The van der Waals surface area contributed by atoms with Crippen LogP contribution in [0.25, 0.3) is 0 Å². The molecule has 0 radical (unpaired) electrons. The lowest BCUT2D eigenvalue weighted by Gasteiger charge is -2.19. The van der Waals surface area contributed by atoms with Gasteiger partial charge in [-0.3, -0.25) is 4.98 Å². The largest absolute Gasteiger partial charge is 0.312 e. The number of aromatic nitrogens is 1. The molecule has 1 aromatic heterocycles. The molecular formula is C12H18N2. The number of fused-ring (bicyclic) bond motifs is 1. The summed E-state index contributed by atoms with van der Waals surface area (Å²) in [5.74, 6) is 0.578. The van der Waals surface area contributed by atoms with Gasteiger partial charge in [0.05, 0.1) is 0 Å². The lowest BCUT2D eigenvalue weighted by Crippen LogP contribution is -2.25. The second-order valence-electron chi connectivity index (χ2n) is 4.35. The molecule has 1 aliphatic heterocycles. The first-order chi connectivity index (χ1) is 6.68. The molecule has 14 heavy (non-hydrogen) atoms. The topological polar surface area (TPSA) is 24.9 Å². The van der Waals surface area contributed by atoms with Crippen LogP contribution in [-0.4, -0.2) is 11.5 Å². The Kier molecular flexibility index (Phi) is 2.55. The highest BCUT2D eigenvalue weighted by molar-refractivity contribution is 5.33. The molecule has 1 N–H and O–H groups in total. The number of nitrogens with one attached hydrogen (secondary N) is 1. The van der Waals surface area contributed by atoms with Crippen LogP contribution in [0.2, 0.25) is 0 Å². The highest BCUT2D eigenvalue weighted by atomic mass is 14.9. The first-order valence-corrected chi connectivity index (χ1v) is 5.38. The Labute approximate surface area is 85.7 Å². The molecule has 0 unspecified atom stereocenters. The van der Waals surface area contributed by atoms with Crippen LogP contribution < -0.4 is 5.32 Å². The average molecular weight is 190 g/mol. The fraction of sp³-hybridized carbons (Fsp3) is 0.583. The average Bonchev–Trinajstić information content (AvgIpc) is 2.16. The minimum atomic E-state index is 0.578. The van der Waals surface area contributed by atoms with Gasteiger partial charge in [-0.2, -0.15) is 0 Å². The Balaban J connectivity index is 2.45. The molecule has 0 aromatic carbocycles. The second-order valence-corrected chi connectivity index (χ2v) is 4.35. The van der Waals surface area contributed by atoms with Crippen molar-refractivity contribution in [3.63, 3.8) is 0 Å². The number of rotatable bonds is 1. The summed E-state index contributed by atoms with van der Waals surface area (Å²) in [4.78, 5) is 4.69. The zero-order valence-corrected chi connectivity index (χ0v) is 9.22. The Hall–Kier alpha value is -0.890. The molecule has 0 saturated carbocycles. The highest BCUT2D eigenvalue weighted by Gasteiger charge is 2.13. The molecule has 0 saturated heterocycles. The molecule has 2 heteroatoms. The molecular weight excluding hydrogens is 172 g/mol. The van der Waals surface area contributed by atoms with Crippen LogP contribution in [0.3, 0.4) is 0 Å². The van der Waals surface area contributed by atoms with E-state index in [9.17, 15) is 0 Å². The maximum Gasteiger partial charge on any atom is 0.0464 e. The van der Waals surface area contributed by atoms with Gasteiger partial charge < -0.3 is 5.32 Å². The zero-order chi connectivity index (χ0) is 10.1. The van der Waals surface area contributed by atoms with Crippen molar-refractivity contribution >= 4 is 0 Å².